The molecule has 4 nitrogen and oxygen atoms in total. The first-order valence-corrected chi connectivity index (χ1v) is 7.36. The summed E-state index contributed by atoms with van der Waals surface area (Å²) in [6.45, 7) is 5.46. The third-order valence-corrected chi connectivity index (χ3v) is 3.75. The average molecular weight is 327 g/mol. The Kier molecular flexibility index (Phi) is 4.82. The minimum atomic E-state index is -0.906. The number of carboxylic acid groups (broad SMARTS) is 1. The van der Waals surface area contributed by atoms with E-state index in [1.807, 2.05) is 6.07 Å². The topological polar surface area (TPSA) is 52.6 Å². The molecule has 0 spiro atoms. The van der Waals surface area contributed by atoms with Crippen molar-refractivity contribution in [1.82, 2.24) is 4.90 Å². The van der Waals surface area contributed by atoms with Gasteiger partial charge in [-0.1, -0.05) is 15.9 Å². The molecule has 1 saturated heterocycles. The monoisotopic (exact) mass is 326 g/mol. The van der Waals surface area contributed by atoms with Gasteiger partial charge in [0.05, 0.1) is 5.56 Å². The lowest BCUT2D eigenvalue weighted by atomic mass is 10.2. The standard InChI is InChI=1S/C14H19BrN2O2/c1-10(9-17-4-2-3-5-17)16-13-7-11(14(18)19)6-12(15)8-13/h6-8,10,16H,2-5,9H2,1H3,(H,18,19). The number of halogens is 1. The van der Waals surface area contributed by atoms with Crippen molar-refractivity contribution in [3.63, 3.8) is 0 Å². The maximum atomic E-state index is 11.0. The SMILES string of the molecule is CC(CN1CCCC1)Nc1cc(Br)cc(C(=O)O)c1. The minimum Gasteiger partial charge on any atom is -0.478 e. The van der Waals surface area contributed by atoms with Crippen LogP contribution in [0.2, 0.25) is 0 Å². The van der Waals surface area contributed by atoms with Crippen LogP contribution in [0.5, 0.6) is 0 Å². The molecule has 0 saturated carbocycles. The molecule has 19 heavy (non-hydrogen) atoms. The Balaban J connectivity index is 1.99. The Morgan fingerprint density at radius 3 is 2.74 bits per heavy atom. The van der Waals surface area contributed by atoms with Crippen molar-refractivity contribution < 1.29 is 9.90 Å². The second-order valence-electron chi connectivity index (χ2n) is 5.09. The van der Waals surface area contributed by atoms with Crippen LogP contribution in [0.3, 0.4) is 0 Å². The molecule has 0 radical (unpaired) electrons. The lowest BCUT2D eigenvalue weighted by molar-refractivity contribution is 0.0697. The van der Waals surface area contributed by atoms with E-state index in [-0.39, 0.29) is 0 Å². The van der Waals surface area contributed by atoms with E-state index in [0.29, 0.717) is 11.6 Å². The lowest BCUT2D eigenvalue weighted by Gasteiger charge is -2.22. The first-order valence-electron chi connectivity index (χ1n) is 6.57. The van der Waals surface area contributed by atoms with E-state index in [1.54, 1.807) is 12.1 Å². The van der Waals surface area contributed by atoms with Gasteiger partial charge in [0.2, 0.25) is 0 Å². The highest BCUT2D eigenvalue weighted by Gasteiger charge is 2.15. The zero-order valence-electron chi connectivity index (χ0n) is 11.0. The highest BCUT2D eigenvalue weighted by molar-refractivity contribution is 9.10. The van der Waals surface area contributed by atoms with Gasteiger partial charge < -0.3 is 15.3 Å². The van der Waals surface area contributed by atoms with Crippen LogP contribution in [-0.4, -0.2) is 41.7 Å². The number of likely N-dealkylation sites (tertiary alicyclic amines) is 1. The molecule has 104 valence electrons. The molecule has 1 unspecified atom stereocenters. The van der Waals surface area contributed by atoms with Gasteiger partial charge in [-0.15, -0.1) is 0 Å². The number of carbonyl (C=O) groups is 1. The van der Waals surface area contributed by atoms with Crippen molar-refractivity contribution in [3.05, 3.63) is 28.2 Å². The minimum absolute atomic E-state index is 0.297. The molecule has 0 aliphatic carbocycles. The van der Waals surface area contributed by atoms with Crippen LogP contribution in [0.4, 0.5) is 5.69 Å². The largest absolute Gasteiger partial charge is 0.478 e. The van der Waals surface area contributed by atoms with E-state index < -0.39 is 5.97 Å². The molecule has 1 aliphatic heterocycles. The molecule has 1 aromatic carbocycles. The number of hydrogen-bond acceptors (Lipinski definition) is 3. The van der Waals surface area contributed by atoms with E-state index in [1.165, 1.54) is 25.9 Å². The highest BCUT2D eigenvalue weighted by Crippen LogP contribution is 2.21. The summed E-state index contributed by atoms with van der Waals surface area (Å²) in [5.41, 5.74) is 1.14. The molecule has 2 rings (SSSR count). The fraction of sp³-hybridized carbons (Fsp3) is 0.500. The number of anilines is 1. The van der Waals surface area contributed by atoms with Crippen LogP contribution >= 0.6 is 15.9 Å². The number of carboxylic acids is 1. The highest BCUT2D eigenvalue weighted by atomic mass is 79.9. The Bertz CT molecular complexity index is 459. The summed E-state index contributed by atoms with van der Waals surface area (Å²) in [6.07, 6.45) is 2.57. The first kappa shape index (κ1) is 14.3. The zero-order valence-corrected chi connectivity index (χ0v) is 12.6. The van der Waals surface area contributed by atoms with Gasteiger partial charge in [-0.2, -0.15) is 0 Å². The zero-order chi connectivity index (χ0) is 13.8. The smallest absolute Gasteiger partial charge is 0.335 e. The molecule has 1 fully saturated rings. The lowest BCUT2D eigenvalue weighted by Crippen LogP contribution is -2.33. The van der Waals surface area contributed by atoms with E-state index in [9.17, 15) is 4.79 Å². The van der Waals surface area contributed by atoms with Crippen LogP contribution in [0, 0.1) is 0 Å². The first-order chi connectivity index (χ1) is 9.04. The molecule has 1 atom stereocenters. The Morgan fingerprint density at radius 2 is 2.11 bits per heavy atom. The Morgan fingerprint density at radius 1 is 1.42 bits per heavy atom. The van der Waals surface area contributed by atoms with Crippen LogP contribution in [0.1, 0.15) is 30.1 Å². The van der Waals surface area contributed by atoms with Gasteiger partial charge in [0, 0.05) is 22.7 Å². The quantitative estimate of drug-likeness (QED) is 0.873. The second kappa shape index (κ2) is 6.39. The van der Waals surface area contributed by atoms with Gasteiger partial charge in [-0.05, 0) is 51.1 Å². The fourth-order valence-corrected chi connectivity index (χ4v) is 2.97. The maximum Gasteiger partial charge on any atom is 0.335 e. The molecule has 0 aromatic heterocycles. The number of benzene rings is 1. The molecule has 1 aromatic rings. The average Bonchev–Trinajstić information content (AvgIpc) is 2.80. The molecule has 1 heterocycles. The predicted octanol–water partition coefficient (Wildman–Crippen LogP) is 3.04. The van der Waals surface area contributed by atoms with Gasteiger partial charge in [-0.3, -0.25) is 0 Å². The number of hydrogen-bond donors (Lipinski definition) is 2. The van der Waals surface area contributed by atoms with E-state index in [2.05, 4.69) is 33.1 Å². The van der Waals surface area contributed by atoms with Gasteiger partial charge in [-0.25, -0.2) is 4.79 Å². The molecular formula is C14H19BrN2O2. The van der Waals surface area contributed by atoms with Crippen LogP contribution in [0.15, 0.2) is 22.7 Å². The summed E-state index contributed by atoms with van der Waals surface area (Å²) in [5.74, 6) is -0.906. The van der Waals surface area contributed by atoms with Gasteiger partial charge in [0.25, 0.3) is 0 Å². The van der Waals surface area contributed by atoms with Gasteiger partial charge >= 0.3 is 5.97 Å². The predicted molar refractivity (Wildman–Crippen MR) is 79.9 cm³/mol. The van der Waals surface area contributed by atoms with Gasteiger partial charge in [0.15, 0.2) is 0 Å². The van der Waals surface area contributed by atoms with Crippen LogP contribution in [0.25, 0.3) is 0 Å². The normalized spacial score (nSPS) is 17.4. The summed E-state index contributed by atoms with van der Waals surface area (Å²) < 4.78 is 0.781. The summed E-state index contributed by atoms with van der Waals surface area (Å²) >= 11 is 3.35. The van der Waals surface area contributed by atoms with Gasteiger partial charge in [0.1, 0.15) is 0 Å². The van der Waals surface area contributed by atoms with E-state index >= 15 is 0 Å². The molecule has 2 N–H and O–H groups in total. The Labute approximate surface area is 121 Å². The summed E-state index contributed by atoms with van der Waals surface area (Å²) in [4.78, 5) is 13.5. The van der Waals surface area contributed by atoms with E-state index in [0.717, 1.165) is 16.7 Å². The summed E-state index contributed by atoms with van der Waals surface area (Å²) in [7, 11) is 0. The van der Waals surface area contributed by atoms with Crippen molar-refractivity contribution in [2.45, 2.75) is 25.8 Å². The fourth-order valence-electron chi connectivity index (χ4n) is 2.48. The van der Waals surface area contributed by atoms with Crippen molar-refractivity contribution in [2.24, 2.45) is 0 Å². The number of nitrogens with one attached hydrogen (secondary N) is 1. The van der Waals surface area contributed by atoms with Crippen molar-refractivity contribution in [3.8, 4) is 0 Å². The summed E-state index contributed by atoms with van der Waals surface area (Å²) in [5, 5.41) is 12.4. The van der Waals surface area contributed by atoms with Crippen LogP contribution < -0.4 is 5.32 Å². The number of aromatic carboxylic acids is 1. The van der Waals surface area contributed by atoms with Crippen LogP contribution in [-0.2, 0) is 0 Å². The van der Waals surface area contributed by atoms with Crippen molar-refractivity contribution in [2.75, 3.05) is 25.0 Å². The van der Waals surface area contributed by atoms with Crippen molar-refractivity contribution >= 4 is 27.6 Å². The van der Waals surface area contributed by atoms with E-state index in [4.69, 9.17) is 5.11 Å². The maximum absolute atomic E-state index is 11.0. The molecule has 0 amide bonds. The number of rotatable bonds is 5. The number of nitrogens with zero attached hydrogens (tertiary/aromatic N) is 1. The third-order valence-electron chi connectivity index (χ3n) is 3.29. The van der Waals surface area contributed by atoms with Crippen molar-refractivity contribution in [1.29, 1.82) is 0 Å². The summed E-state index contributed by atoms with van der Waals surface area (Å²) in [6, 6.07) is 5.49. The molecule has 0 bridgehead atoms. The third kappa shape index (κ3) is 4.21. The molecular weight excluding hydrogens is 308 g/mol. The molecule has 5 heteroatoms. The second-order valence-corrected chi connectivity index (χ2v) is 6.00. The molecule has 1 aliphatic rings. The Hall–Kier alpha value is -1.07.